The predicted octanol–water partition coefficient (Wildman–Crippen LogP) is 13.1. The first-order valence-corrected chi connectivity index (χ1v) is 19.8. The van der Waals surface area contributed by atoms with E-state index in [0.717, 1.165) is 32.2 Å². The van der Waals surface area contributed by atoms with Gasteiger partial charge in [-0.25, -0.2) is 0 Å². The van der Waals surface area contributed by atoms with Crippen LogP contribution in [0.25, 0.3) is 0 Å². The number of hydrogen-bond donors (Lipinski definition) is 1. The smallest absolute Gasteiger partial charge is 0.223 e. The first-order valence-electron chi connectivity index (χ1n) is 19.8. The van der Waals surface area contributed by atoms with Crippen LogP contribution in [0.5, 0.6) is 0 Å². The molecule has 43 heavy (non-hydrogen) atoms. The van der Waals surface area contributed by atoms with Crippen LogP contribution in [0.3, 0.4) is 0 Å². The maximum absolute atomic E-state index is 12.8. The monoisotopic (exact) mass is 606 g/mol. The van der Waals surface area contributed by atoms with Crippen molar-refractivity contribution < 1.29 is 9.59 Å². The molecule has 0 spiro atoms. The van der Waals surface area contributed by atoms with Crippen molar-refractivity contribution in [1.29, 1.82) is 0 Å². The molecule has 0 aromatic heterocycles. The molecule has 0 aliphatic carbocycles. The summed E-state index contributed by atoms with van der Waals surface area (Å²) in [6.45, 7) is 9.63. The van der Waals surface area contributed by atoms with E-state index in [-0.39, 0.29) is 17.6 Å². The van der Waals surface area contributed by atoms with Gasteiger partial charge in [0.15, 0.2) is 0 Å². The Morgan fingerprint density at radius 3 is 1.14 bits per heavy atom. The van der Waals surface area contributed by atoms with Gasteiger partial charge in [0, 0.05) is 25.3 Å². The van der Waals surface area contributed by atoms with E-state index >= 15 is 0 Å². The lowest BCUT2D eigenvalue weighted by Crippen LogP contribution is -2.33. The molecule has 0 bridgehead atoms. The van der Waals surface area contributed by atoms with Crippen LogP contribution in [0.15, 0.2) is 0 Å². The second-order valence-electron chi connectivity index (χ2n) is 14.3. The molecule has 0 saturated carbocycles. The molecule has 256 valence electrons. The third-order valence-corrected chi connectivity index (χ3v) is 9.24. The number of amides is 1. The Morgan fingerprint density at radius 1 is 0.465 bits per heavy atom. The van der Waals surface area contributed by atoms with Crippen molar-refractivity contribution in [2.75, 3.05) is 6.54 Å². The van der Waals surface area contributed by atoms with Gasteiger partial charge in [-0.2, -0.15) is 0 Å². The molecule has 0 heterocycles. The molecular weight excluding hydrogens is 526 g/mol. The van der Waals surface area contributed by atoms with Crippen molar-refractivity contribution >= 4 is 11.7 Å². The van der Waals surface area contributed by atoms with Crippen molar-refractivity contribution in [3.63, 3.8) is 0 Å². The number of rotatable bonds is 35. The van der Waals surface area contributed by atoms with E-state index in [4.69, 9.17) is 0 Å². The fraction of sp³-hybridized carbons (Fsp3) is 0.950. The van der Waals surface area contributed by atoms with E-state index in [9.17, 15) is 9.59 Å². The SMILES string of the molecule is CCCCCCCCCCCCCCCCCCCCCC(=O)C[C@@H](CC(C)C)C(=O)NCCCCCCCCCCC. The maximum atomic E-state index is 12.8. The molecule has 0 aromatic carbocycles. The molecule has 0 aliphatic heterocycles. The average molecular weight is 606 g/mol. The zero-order valence-electron chi connectivity index (χ0n) is 30.1. The quantitative estimate of drug-likeness (QED) is 0.0730. The second-order valence-corrected chi connectivity index (χ2v) is 14.3. The number of carbonyl (C=O) groups is 2. The van der Waals surface area contributed by atoms with Crippen molar-refractivity contribution in [2.45, 2.75) is 227 Å². The average Bonchev–Trinajstić information content (AvgIpc) is 2.98. The predicted molar refractivity (Wildman–Crippen MR) is 191 cm³/mol. The lowest BCUT2D eigenvalue weighted by Gasteiger charge is -2.18. The number of hydrogen-bond acceptors (Lipinski definition) is 2. The highest BCUT2D eigenvalue weighted by atomic mass is 16.2. The number of nitrogens with one attached hydrogen (secondary N) is 1. The molecule has 0 aliphatic rings. The number of Topliss-reactive ketones (excluding diaryl/α,β-unsaturated/α-hetero) is 1. The van der Waals surface area contributed by atoms with Gasteiger partial charge in [-0.3, -0.25) is 9.59 Å². The molecule has 1 atom stereocenters. The van der Waals surface area contributed by atoms with Crippen LogP contribution in [0.4, 0.5) is 0 Å². The van der Waals surface area contributed by atoms with Crippen LogP contribution in [0.1, 0.15) is 227 Å². The van der Waals surface area contributed by atoms with Crippen molar-refractivity contribution in [2.24, 2.45) is 11.8 Å². The van der Waals surface area contributed by atoms with E-state index in [2.05, 4.69) is 33.0 Å². The largest absolute Gasteiger partial charge is 0.356 e. The fourth-order valence-electron chi connectivity index (χ4n) is 6.42. The van der Waals surface area contributed by atoms with E-state index in [1.54, 1.807) is 0 Å². The number of ketones is 1. The van der Waals surface area contributed by atoms with Gasteiger partial charge in [0.25, 0.3) is 0 Å². The molecule has 0 saturated heterocycles. The number of unbranched alkanes of at least 4 members (excludes halogenated alkanes) is 26. The molecule has 3 nitrogen and oxygen atoms in total. The lowest BCUT2D eigenvalue weighted by atomic mass is 9.90. The first kappa shape index (κ1) is 42.1. The molecule has 1 N–H and O–H groups in total. The molecule has 0 unspecified atom stereocenters. The third kappa shape index (κ3) is 32.3. The van der Waals surface area contributed by atoms with Gasteiger partial charge in [-0.1, -0.05) is 195 Å². The summed E-state index contributed by atoms with van der Waals surface area (Å²) in [6, 6.07) is 0. The van der Waals surface area contributed by atoms with E-state index in [0.29, 0.717) is 18.8 Å². The zero-order valence-corrected chi connectivity index (χ0v) is 30.1. The van der Waals surface area contributed by atoms with Crippen LogP contribution in [0, 0.1) is 11.8 Å². The normalized spacial score (nSPS) is 12.2. The molecule has 0 rings (SSSR count). The summed E-state index contributed by atoms with van der Waals surface area (Å²) >= 11 is 0. The Kier molecular flexibility index (Phi) is 33.3. The van der Waals surface area contributed by atoms with Gasteiger partial charge in [0.05, 0.1) is 0 Å². The Hall–Kier alpha value is -0.860. The van der Waals surface area contributed by atoms with Crippen LogP contribution in [-0.4, -0.2) is 18.2 Å². The summed E-state index contributed by atoms with van der Waals surface area (Å²) in [5.41, 5.74) is 0. The molecule has 1 amide bonds. The van der Waals surface area contributed by atoms with Gasteiger partial charge in [-0.05, 0) is 25.2 Å². The van der Waals surface area contributed by atoms with Crippen LogP contribution < -0.4 is 5.32 Å². The first-order chi connectivity index (χ1) is 21.0. The number of carbonyl (C=O) groups excluding carboxylic acids is 2. The minimum atomic E-state index is -0.147. The third-order valence-electron chi connectivity index (χ3n) is 9.24. The molecule has 0 radical (unpaired) electrons. The van der Waals surface area contributed by atoms with Crippen LogP contribution in [0.2, 0.25) is 0 Å². The Bertz CT molecular complexity index is 587. The Labute approximate surface area is 271 Å². The van der Waals surface area contributed by atoms with Crippen LogP contribution in [-0.2, 0) is 9.59 Å². The van der Waals surface area contributed by atoms with Crippen molar-refractivity contribution in [3.05, 3.63) is 0 Å². The zero-order chi connectivity index (χ0) is 31.6. The highest BCUT2D eigenvalue weighted by Gasteiger charge is 2.22. The van der Waals surface area contributed by atoms with Gasteiger partial charge < -0.3 is 5.32 Å². The summed E-state index contributed by atoms with van der Waals surface area (Å²) in [5, 5.41) is 3.15. The molecule has 0 aromatic rings. The van der Waals surface area contributed by atoms with E-state index in [1.807, 2.05) is 0 Å². The molecule has 3 heteroatoms. The van der Waals surface area contributed by atoms with Gasteiger partial charge in [0.2, 0.25) is 5.91 Å². The minimum absolute atomic E-state index is 0.106. The van der Waals surface area contributed by atoms with E-state index in [1.165, 1.54) is 161 Å². The summed E-state index contributed by atoms with van der Waals surface area (Å²) in [4.78, 5) is 25.5. The van der Waals surface area contributed by atoms with Gasteiger partial charge in [0.1, 0.15) is 5.78 Å². The van der Waals surface area contributed by atoms with Crippen molar-refractivity contribution in [3.8, 4) is 0 Å². The van der Waals surface area contributed by atoms with Gasteiger partial charge >= 0.3 is 0 Å². The molecular formula is C40H79NO2. The summed E-state index contributed by atoms with van der Waals surface area (Å²) in [6.07, 6.45) is 39.5. The van der Waals surface area contributed by atoms with E-state index < -0.39 is 0 Å². The summed E-state index contributed by atoms with van der Waals surface area (Å²) in [5.74, 6) is 0.683. The molecule has 0 fully saturated rings. The Balaban J connectivity index is 3.68. The summed E-state index contributed by atoms with van der Waals surface area (Å²) < 4.78 is 0. The highest BCUT2D eigenvalue weighted by Crippen LogP contribution is 2.19. The Morgan fingerprint density at radius 2 is 0.791 bits per heavy atom. The lowest BCUT2D eigenvalue weighted by molar-refractivity contribution is -0.130. The van der Waals surface area contributed by atoms with Crippen molar-refractivity contribution in [1.82, 2.24) is 5.32 Å². The fourth-order valence-corrected chi connectivity index (χ4v) is 6.42. The highest BCUT2D eigenvalue weighted by molar-refractivity contribution is 5.86. The standard InChI is InChI=1S/C40H79NO2/c1-5-7-9-11-13-15-16-17-18-19-20-21-22-23-24-25-27-29-31-33-39(42)36-38(35-37(3)4)40(43)41-34-32-30-28-26-14-12-10-8-6-2/h37-38H,5-36H2,1-4H3,(H,41,43)/t38-/m1/s1. The minimum Gasteiger partial charge on any atom is -0.356 e. The van der Waals surface area contributed by atoms with Gasteiger partial charge in [-0.15, -0.1) is 0 Å². The topological polar surface area (TPSA) is 46.2 Å². The van der Waals surface area contributed by atoms with Crippen LogP contribution >= 0.6 is 0 Å². The second kappa shape index (κ2) is 34.0. The summed E-state index contributed by atoms with van der Waals surface area (Å²) in [7, 11) is 0. The maximum Gasteiger partial charge on any atom is 0.223 e.